The fraction of sp³-hybridized carbons (Fsp3) is 1.00. The molecule has 0 N–H and O–H groups in total. The zero-order chi connectivity index (χ0) is 11.4. The topological polar surface area (TPSA) is 0 Å². The van der Waals surface area contributed by atoms with E-state index in [1.807, 2.05) is 0 Å². The zero-order valence-electron chi connectivity index (χ0n) is 11.4. The Labute approximate surface area is 113 Å². The van der Waals surface area contributed by atoms with Gasteiger partial charge in [-0.2, -0.15) is 0 Å². The Hall–Kier alpha value is 0. The van der Waals surface area contributed by atoms with Crippen LogP contribution in [0.4, 0.5) is 0 Å². The zero-order valence-corrected chi connectivity index (χ0v) is 11.4. The number of rotatable bonds is 11. The summed E-state index contributed by atoms with van der Waals surface area (Å²) < 4.78 is 0. The largest absolute Gasteiger partial charge is 0.0776 e. The third kappa shape index (κ3) is 16.0. The summed E-state index contributed by atoms with van der Waals surface area (Å²) in [7, 11) is 0. The lowest BCUT2D eigenvalue weighted by atomic mass is 9.92. The molecule has 0 spiro atoms. The van der Waals surface area contributed by atoms with Gasteiger partial charge in [0, 0.05) is 0 Å². The van der Waals surface area contributed by atoms with Gasteiger partial charge in [-0.15, -0.1) is 0 Å². The van der Waals surface area contributed by atoms with Crippen molar-refractivity contribution in [2.75, 3.05) is 0 Å². The van der Waals surface area contributed by atoms with Crippen molar-refractivity contribution in [2.45, 2.75) is 106 Å². The van der Waals surface area contributed by atoms with E-state index >= 15 is 0 Å². The predicted octanol–water partition coefficient (Wildman–Crippen LogP) is 7.23. The van der Waals surface area contributed by atoms with Gasteiger partial charge in [0.25, 0.3) is 0 Å². The van der Waals surface area contributed by atoms with Crippen molar-refractivity contribution in [1.29, 1.82) is 0 Å². The van der Waals surface area contributed by atoms with Crippen LogP contribution in [-0.4, -0.2) is 0 Å². The normalized spacial score (nSPS) is 9.88. The fourth-order valence-corrected chi connectivity index (χ4v) is 2.27. The van der Waals surface area contributed by atoms with Crippen LogP contribution in [0.25, 0.3) is 0 Å². The average molecular weight is 245 g/mol. The first kappa shape index (κ1) is 22.2. The van der Waals surface area contributed by atoms with Crippen LogP contribution < -0.4 is 0 Å². The van der Waals surface area contributed by atoms with Crippen molar-refractivity contribution in [3.63, 3.8) is 0 Å². The molecule has 0 radical (unpaired) electrons. The first-order chi connectivity index (χ1) is 7.35. The van der Waals surface area contributed by atoms with Gasteiger partial charge in [0.2, 0.25) is 0 Å². The highest BCUT2D eigenvalue weighted by atomic mass is 14.1. The van der Waals surface area contributed by atoms with Crippen molar-refractivity contribution >= 4 is 0 Å². The first-order valence-electron chi connectivity index (χ1n) is 7.35. The Morgan fingerprint density at radius 1 is 0.588 bits per heavy atom. The van der Waals surface area contributed by atoms with E-state index in [2.05, 4.69) is 20.8 Å². The van der Waals surface area contributed by atoms with Gasteiger partial charge in [-0.1, -0.05) is 106 Å². The molecule has 0 heterocycles. The second-order valence-corrected chi connectivity index (χ2v) is 4.97. The molecule has 0 heteroatoms. The summed E-state index contributed by atoms with van der Waals surface area (Å²) in [5.74, 6) is 1.03. The Morgan fingerprint density at radius 2 is 1.00 bits per heavy atom. The molecule has 0 rings (SSSR count). The van der Waals surface area contributed by atoms with Gasteiger partial charge in [0.15, 0.2) is 0 Å². The van der Waals surface area contributed by atoms with Gasteiger partial charge in [-0.3, -0.25) is 0 Å². The maximum atomic E-state index is 2.37. The van der Waals surface area contributed by atoms with E-state index in [0.29, 0.717) is 0 Å². The van der Waals surface area contributed by atoms with Crippen LogP contribution >= 0.6 is 0 Å². The van der Waals surface area contributed by atoms with Crippen LogP contribution in [0.2, 0.25) is 0 Å². The van der Waals surface area contributed by atoms with Crippen molar-refractivity contribution in [2.24, 2.45) is 5.92 Å². The van der Waals surface area contributed by atoms with E-state index < -0.39 is 0 Å². The van der Waals surface area contributed by atoms with Crippen molar-refractivity contribution in [1.82, 2.24) is 0 Å². The van der Waals surface area contributed by atoms with Gasteiger partial charge in [-0.05, 0) is 5.92 Å². The van der Waals surface area contributed by atoms with E-state index in [1.54, 1.807) is 0 Å². The highest BCUT2D eigenvalue weighted by Gasteiger charge is 2.05. The van der Waals surface area contributed by atoms with E-state index in [0.717, 1.165) is 5.92 Å². The molecular weight excluding hydrogens is 204 g/mol. The molecule has 0 amide bonds. The van der Waals surface area contributed by atoms with Crippen molar-refractivity contribution in [3.8, 4) is 0 Å². The van der Waals surface area contributed by atoms with E-state index in [9.17, 15) is 0 Å². The minimum Gasteiger partial charge on any atom is -0.0776 e. The monoisotopic (exact) mass is 244 g/mol. The SMILES string of the molecule is C.C.CCCCCCC(CC)CCCCCC. The second-order valence-electron chi connectivity index (χ2n) is 4.97. The molecule has 0 aromatic carbocycles. The molecule has 0 aliphatic rings. The molecular formula is C17H40. The van der Waals surface area contributed by atoms with Crippen LogP contribution in [0.3, 0.4) is 0 Å². The number of hydrogen-bond acceptors (Lipinski definition) is 0. The number of unbranched alkanes of at least 4 members (excludes halogenated alkanes) is 6. The lowest BCUT2D eigenvalue weighted by Crippen LogP contribution is -1.99. The van der Waals surface area contributed by atoms with Gasteiger partial charge in [-0.25, -0.2) is 0 Å². The summed E-state index contributed by atoms with van der Waals surface area (Å²) in [4.78, 5) is 0. The molecule has 108 valence electrons. The Balaban J connectivity index is -0.000000980. The summed E-state index contributed by atoms with van der Waals surface area (Å²) in [6, 6.07) is 0. The summed E-state index contributed by atoms with van der Waals surface area (Å²) in [5, 5.41) is 0. The maximum absolute atomic E-state index is 2.37. The predicted molar refractivity (Wildman–Crippen MR) is 84.8 cm³/mol. The number of hydrogen-bond donors (Lipinski definition) is 0. The second kappa shape index (κ2) is 18.4. The standard InChI is InChI=1S/C15H32.2CH4/c1-4-7-9-11-13-15(6-3)14-12-10-8-5-2;;/h15H,4-14H2,1-3H3;2*1H4. The minimum atomic E-state index is 0. The third-order valence-corrected chi connectivity index (χ3v) is 3.51. The molecule has 0 unspecified atom stereocenters. The quantitative estimate of drug-likeness (QED) is 0.336. The molecule has 0 aliphatic carbocycles. The van der Waals surface area contributed by atoms with E-state index in [-0.39, 0.29) is 14.9 Å². The molecule has 0 bridgehead atoms. The lowest BCUT2D eigenvalue weighted by molar-refractivity contribution is 0.395. The van der Waals surface area contributed by atoms with Gasteiger partial charge < -0.3 is 0 Å². The van der Waals surface area contributed by atoms with Crippen LogP contribution in [0, 0.1) is 5.92 Å². The summed E-state index contributed by atoms with van der Waals surface area (Å²) >= 11 is 0. The Kier molecular flexibility index (Phi) is 24.0. The fourth-order valence-electron chi connectivity index (χ4n) is 2.27. The summed E-state index contributed by atoms with van der Waals surface area (Å²) in [6.07, 6.45) is 15.9. The van der Waals surface area contributed by atoms with Crippen LogP contribution in [0.5, 0.6) is 0 Å². The molecule has 0 fully saturated rings. The average Bonchev–Trinajstić information content (AvgIpc) is 2.27. The molecule has 17 heavy (non-hydrogen) atoms. The molecule has 0 aliphatic heterocycles. The summed E-state index contributed by atoms with van der Waals surface area (Å²) in [6.45, 7) is 6.95. The van der Waals surface area contributed by atoms with Gasteiger partial charge in [0.1, 0.15) is 0 Å². The third-order valence-electron chi connectivity index (χ3n) is 3.51. The van der Waals surface area contributed by atoms with Crippen LogP contribution in [-0.2, 0) is 0 Å². The smallest absolute Gasteiger partial charge is 0.0417 e. The lowest BCUT2D eigenvalue weighted by Gasteiger charge is -2.14. The van der Waals surface area contributed by atoms with E-state index in [1.165, 1.54) is 70.6 Å². The van der Waals surface area contributed by atoms with Crippen molar-refractivity contribution < 1.29 is 0 Å². The Bertz CT molecular complexity index is 94.6. The summed E-state index contributed by atoms with van der Waals surface area (Å²) in [5.41, 5.74) is 0. The highest BCUT2D eigenvalue weighted by Crippen LogP contribution is 2.20. The van der Waals surface area contributed by atoms with Crippen molar-refractivity contribution in [3.05, 3.63) is 0 Å². The minimum absolute atomic E-state index is 0. The van der Waals surface area contributed by atoms with Gasteiger partial charge >= 0.3 is 0 Å². The maximum Gasteiger partial charge on any atom is -0.0417 e. The molecule has 0 atom stereocenters. The first-order valence-corrected chi connectivity index (χ1v) is 7.35. The Morgan fingerprint density at radius 3 is 1.29 bits per heavy atom. The van der Waals surface area contributed by atoms with E-state index in [4.69, 9.17) is 0 Å². The molecule has 0 aromatic rings. The van der Waals surface area contributed by atoms with Crippen LogP contribution in [0.15, 0.2) is 0 Å². The molecule has 0 saturated heterocycles. The molecule has 0 aromatic heterocycles. The highest BCUT2D eigenvalue weighted by molar-refractivity contribution is 4.58. The van der Waals surface area contributed by atoms with Gasteiger partial charge in [0.05, 0.1) is 0 Å². The van der Waals surface area contributed by atoms with Crippen LogP contribution in [0.1, 0.15) is 106 Å². The molecule has 0 nitrogen and oxygen atoms in total. The molecule has 0 saturated carbocycles.